The van der Waals surface area contributed by atoms with E-state index in [1.54, 1.807) is 14.2 Å². The Labute approximate surface area is 87.6 Å². The van der Waals surface area contributed by atoms with Crippen LogP contribution in [0.1, 0.15) is 24.6 Å². The van der Waals surface area contributed by atoms with E-state index in [0.717, 1.165) is 6.42 Å². The topological polar surface area (TPSA) is 69.9 Å². The van der Waals surface area contributed by atoms with Gasteiger partial charge in [0.05, 0.1) is 13.0 Å². The second-order valence-electron chi connectivity index (χ2n) is 3.92. The van der Waals surface area contributed by atoms with Crippen molar-refractivity contribution in [2.45, 2.75) is 18.8 Å². The van der Waals surface area contributed by atoms with Crippen LogP contribution < -0.4 is 0 Å². The van der Waals surface area contributed by atoms with Crippen LogP contribution in [0.4, 0.5) is 0 Å². The molecule has 1 aliphatic rings. The Kier molecular flexibility index (Phi) is 2.77. The fraction of sp³-hybridized carbons (Fsp3) is 0.778. The predicted molar refractivity (Wildman–Crippen MR) is 51.1 cm³/mol. The Morgan fingerprint density at radius 1 is 1.60 bits per heavy atom. The number of ketones is 1. The zero-order valence-electron chi connectivity index (χ0n) is 8.88. The Morgan fingerprint density at radius 3 is 3.00 bits per heavy atom. The summed E-state index contributed by atoms with van der Waals surface area (Å²) in [5.74, 6) is 0.862. The molecule has 1 aromatic heterocycles. The number of nitrogens with zero attached hydrogens (tertiary/aromatic N) is 4. The Balaban J connectivity index is 2.08. The van der Waals surface area contributed by atoms with Crippen molar-refractivity contribution < 1.29 is 9.53 Å². The largest absolute Gasteiger partial charge is 0.384 e. The standard InChI is InChI=1S/C9H14N4O2/c1-13-11-9(10-12-13)7-3-6(5-15-2)4-8(7)14/h6-7H,3-5H2,1-2H3. The summed E-state index contributed by atoms with van der Waals surface area (Å²) in [5, 5.41) is 11.7. The first-order chi connectivity index (χ1) is 7.20. The summed E-state index contributed by atoms with van der Waals surface area (Å²) in [6, 6.07) is 0. The van der Waals surface area contributed by atoms with Crippen molar-refractivity contribution >= 4 is 5.78 Å². The van der Waals surface area contributed by atoms with Gasteiger partial charge in [0.2, 0.25) is 0 Å². The average Bonchev–Trinajstić information content (AvgIpc) is 2.73. The first kappa shape index (κ1) is 10.2. The average molecular weight is 210 g/mol. The van der Waals surface area contributed by atoms with E-state index in [1.165, 1.54) is 4.80 Å². The van der Waals surface area contributed by atoms with E-state index in [-0.39, 0.29) is 11.7 Å². The lowest BCUT2D eigenvalue weighted by Gasteiger charge is -2.05. The van der Waals surface area contributed by atoms with Gasteiger partial charge in [0.1, 0.15) is 5.78 Å². The van der Waals surface area contributed by atoms with Crippen LogP contribution >= 0.6 is 0 Å². The summed E-state index contributed by atoms with van der Waals surface area (Å²) in [7, 11) is 3.35. The molecule has 1 saturated carbocycles. The summed E-state index contributed by atoms with van der Waals surface area (Å²) >= 11 is 0. The third-order valence-corrected chi connectivity index (χ3v) is 2.69. The van der Waals surface area contributed by atoms with Gasteiger partial charge >= 0.3 is 0 Å². The second kappa shape index (κ2) is 4.06. The van der Waals surface area contributed by atoms with Gasteiger partial charge in [-0.3, -0.25) is 4.79 Å². The molecule has 2 rings (SSSR count). The predicted octanol–water partition coefficient (Wildman–Crippen LogP) is -0.0808. The first-order valence-electron chi connectivity index (χ1n) is 4.96. The Hall–Kier alpha value is -1.30. The molecule has 0 aliphatic heterocycles. The van der Waals surface area contributed by atoms with Crippen LogP contribution in [-0.4, -0.2) is 39.7 Å². The van der Waals surface area contributed by atoms with Crippen molar-refractivity contribution in [1.82, 2.24) is 20.2 Å². The maximum absolute atomic E-state index is 11.7. The summed E-state index contributed by atoms with van der Waals surface area (Å²) in [6.07, 6.45) is 1.34. The summed E-state index contributed by atoms with van der Waals surface area (Å²) in [4.78, 5) is 13.1. The van der Waals surface area contributed by atoms with E-state index in [4.69, 9.17) is 4.74 Å². The van der Waals surface area contributed by atoms with Gasteiger partial charge in [0.25, 0.3) is 0 Å². The number of methoxy groups -OCH3 is 1. The van der Waals surface area contributed by atoms with Crippen molar-refractivity contribution in [3.05, 3.63) is 5.82 Å². The highest BCUT2D eigenvalue weighted by Crippen LogP contribution is 2.33. The monoisotopic (exact) mass is 210 g/mol. The lowest BCUT2D eigenvalue weighted by atomic mass is 10.1. The highest BCUT2D eigenvalue weighted by atomic mass is 16.5. The van der Waals surface area contributed by atoms with Crippen LogP contribution in [0.2, 0.25) is 0 Å². The van der Waals surface area contributed by atoms with Gasteiger partial charge in [-0.25, -0.2) is 0 Å². The molecule has 0 saturated heterocycles. The van der Waals surface area contributed by atoms with E-state index in [1.807, 2.05) is 0 Å². The number of carbonyl (C=O) groups excluding carboxylic acids is 1. The molecule has 0 bridgehead atoms. The molecule has 82 valence electrons. The lowest BCUT2D eigenvalue weighted by Crippen LogP contribution is -2.06. The minimum absolute atomic E-state index is 0.182. The molecular formula is C9H14N4O2. The molecular weight excluding hydrogens is 196 g/mol. The number of ether oxygens (including phenoxy) is 1. The highest BCUT2D eigenvalue weighted by Gasteiger charge is 2.36. The second-order valence-corrected chi connectivity index (χ2v) is 3.92. The van der Waals surface area contributed by atoms with Crippen LogP contribution in [-0.2, 0) is 16.6 Å². The molecule has 2 unspecified atom stereocenters. The Bertz CT molecular complexity index is 363. The Morgan fingerprint density at radius 2 is 2.40 bits per heavy atom. The summed E-state index contributed by atoms with van der Waals surface area (Å²) in [6.45, 7) is 0.627. The van der Waals surface area contributed by atoms with Crippen molar-refractivity contribution in [1.29, 1.82) is 0 Å². The maximum Gasteiger partial charge on any atom is 0.185 e. The van der Waals surface area contributed by atoms with Crippen molar-refractivity contribution in [3.63, 3.8) is 0 Å². The zero-order valence-corrected chi connectivity index (χ0v) is 8.88. The van der Waals surface area contributed by atoms with Gasteiger partial charge in [-0.15, -0.1) is 10.2 Å². The molecule has 0 amide bonds. The zero-order chi connectivity index (χ0) is 10.8. The maximum atomic E-state index is 11.7. The summed E-state index contributed by atoms with van der Waals surface area (Å²) in [5.41, 5.74) is 0. The number of hydrogen-bond acceptors (Lipinski definition) is 5. The highest BCUT2D eigenvalue weighted by molar-refractivity contribution is 5.87. The normalized spacial score (nSPS) is 26.1. The number of rotatable bonds is 3. The number of carbonyl (C=O) groups is 1. The number of aromatic nitrogens is 4. The molecule has 1 fully saturated rings. The fourth-order valence-electron chi connectivity index (χ4n) is 2.03. The van der Waals surface area contributed by atoms with Gasteiger partial charge in [0.15, 0.2) is 5.82 Å². The van der Waals surface area contributed by atoms with E-state index in [2.05, 4.69) is 15.4 Å². The van der Waals surface area contributed by atoms with Gasteiger partial charge in [-0.05, 0) is 17.6 Å². The van der Waals surface area contributed by atoms with Crippen LogP contribution in [0.15, 0.2) is 0 Å². The minimum atomic E-state index is -0.182. The van der Waals surface area contributed by atoms with Gasteiger partial charge < -0.3 is 4.74 Å². The molecule has 15 heavy (non-hydrogen) atoms. The van der Waals surface area contributed by atoms with Crippen LogP contribution in [0.5, 0.6) is 0 Å². The van der Waals surface area contributed by atoms with E-state index < -0.39 is 0 Å². The molecule has 0 aromatic carbocycles. The summed E-state index contributed by atoms with van der Waals surface area (Å²) < 4.78 is 5.05. The van der Waals surface area contributed by atoms with E-state index in [0.29, 0.717) is 24.8 Å². The van der Waals surface area contributed by atoms with Gasteiger partial charge in [0, 0.05) is 20.1 Å². The quantitative estimate of drug-likeness (QED) is 0.697. The minimum Gasteiger partial charge on any atom is -0.384 e. The van der Waals surface area contributed by atoms with Crippen LogP contribution in [0, 0.1) is 5.92 Å². The van der Waals surface area contributed by atoms with Crippen molar-refractivity contribution in [2.24, 2.45) is 13.0 Å². The van der Waals surface area contributed by atoms with E-state index >= 15 is 0 Å². The first-order valence-corrected chi connectivity index (χ1v) is 4.96. The molecule has 2 atom stereocenters. The lowest BCUT2D eigenvalue weighted by molar-refractivity contribution is -0.119. The molecule has 1 aliphatic carbocycles. The molecule has 6 heteroatoms. The SMILES string of the molecule is COCC1CC(=O)C(c2nnn(C)n2)C1. The number of tetrazole rings is 1. The fourth-order valence-corrected chi connectivity index (χ4v) is 2.03. The van der Waals surface area contributed by atoms with Gasteiger partial charge in [-0.2, -0.15) is 4.80 Å². The van der Waals surface area contributed by atoms with Crippen molar-refractivity contribution in [3.8, 4) is 0 Å². The number of hydrogen-bond donors (Lipinski definition) is 0. The molecule has 0 spiro atoms. The smallest absolute Gasteiger partial charge is 0.185 e. The molecule has 1 aromatic rings. The molecule has 6 nitrogen and oxygen atoms in total. The molecule has 0 radical (unpaired) electrons. The molecule has 1 heterocycles. The van der Waals surface area contributed by atoms with Crippen LogP contribution in [0.3, 0.4) is 0 Å². The number of Topliss-reactive ketones (excluding diaryl/α,β-unsaturated/α-hetero) is 1. The van der Waals surface area contributed by atoms with Crippen molar-refractivity contribution in [2.75, 3.05) is 13.7 Å². The molecule has 0 N–H and O–H groups in total. The van der Waals surface area contributed by atoms with E-state index in [9.17, 15) is 4.79 Å². The third kappa shape index (κ3) is 2.04. The third-order valence-electron chi connectivity index (χ3n) is 2.69. The van der Waals surface area contributed by atoms with Crippen LogP contribution in [0.25, 0.3) is 0 Å². The van der Waals surface area contributed by atoms with Gasteiger partial charge in [-0.1, -0.05) is 0 Å². The number of aryl methyl sites for hydroxylation is 1.